The van der Waals surface area contributed by atoms with E-state index in [4.69, 9.17) is 5.73 Å². The van der Waals surface area contributed by atoms with Crippen LogP contribution in [0, 0.1) is 12.8 Å². The molecule has 21 heavy (non-hydrogen) atoms. The van der Waals surface area contributed by atoms with Crippen molar-refractivity contribution in [1.82, 2.24) is 9.88 Å². The molecule has 1 aliphatic rings. The van der Waals surface area contributed by atoms with Crippen LogP contribution in [0.5, 0.6) is 0 Å². The maximum Gasteiger partial charge on any atom is 0.0705 e. The van der Waals surface area contributed by atoms with Crippen LogP contribution in [0.25, 0.3) is 10.9 Å². The molecule has 1 fully saturated rings. The van der Waals surface area contributed by atoms with Gasteiger partial charge in [0, 0.05) is 17.1 Å². The first kappa shape index (κ1) is 14.5. The van der Waals surface area contributed by atoms with Gasteiger partial charge in [-0.2, -0.15) is 0 Å². The zero-order valence-electron chi connectivity index (χ0n) is 13.0. The number of nitrogens with zero attached hydrogens (tertiary/aromatic N) is 2. The lowest BCUT2D eigenvalue weighted by atomic mass is 9.92. The molecule has 3 rings (SSSR count). The third-order valence-corrected chi connectivity index (χ3v) is 4.63. The van der Waals surface area contributed by atoms with Gasteiger partial charge >= 0.3 is 0 Å². The molecule has 0 amide bonds. The van der Waals surface area contributed by atoms with Gasteiger partial charge in [0.15, 0.2) is 0 Å². The fourth-order valence-corrected chi connectivity index (χ4v) is 3.62. The van der Waals surface area contributed by atoms with Crippen molar-refractivity contribution in [2.24, 2.45) is 11.7 Å². The van der Waals surface area contributed by atoms with Gasteiger partial charge in [0.1, 0.15) is 0 Å². The summed E-state index contributed by atoms with van der Waals surface area (Å²) in [6, 6.07) is 11.5. The van der Waals surface area contributed by atoms with E-state index >= 15 is 0 Å². The van der Waals surface area contributed by atoms with Crippen molar-refractivity contribution in [1.29, 1.82) is 0 Å². The highest BCUT2D eigenvalue weighted by atomic mass is 15.2. The highest BCUT2D eigenvalue weighted by Gasteiger charge is 2.33. The predicted molar refractivity (Wildman–Crippen MR) is 88.2 cm³/mol. The van der Waals surface area contributed by atoms with Crippen molar-refractivity contribution in [3.63, 3.8) is 0 Å². The Morgan fingerprint density at radius 2 is 2.14 bits per heavy atom. The van der Waals surface area contributed by atoms with Crippen molar-refractivity contribution < 1.29 is 0 Å². The molecule has 2 atom stereocenters. The lowest BCUT2D eigenvalue weighted by Gasteiger charge is -2.28. The molecule has 2 heterocycles. The number of hydrogen-bond donors (Lipinski definition) is 1. The smallest absolute Gasteiger partial charge is 0.0705 e. The summed E-state index contributed by atoms with van der Waals surface area (Å²) in [7, 11) is 0. The average Bonchev–Trinajstić information content (AvgIpc) is 2.90. The number of nitrogens with two attached hydrogens (primary N) is 1. The Labute approximate surface area is 127 Å². The van der Waals surface area contributed by atoms with Gasteiger partial charge in [0.05, 0.1) is 5.52 Å². The first-order valence-electron chi connectivity index (χ1n) is 8.04. The fraction of sp³-hybridized carbons (Fsp3) is 0.500. The van der Waals surface area contributed by atoms with Crippen LogP contribution in [0.2, 0.25) is 0 Å². The topological polar surface area (TPSA) is 42.1 Å². The van der Waals surface area contributed by atoms with Crippen LogP contribution in [0.15, 0.2) is 30.3 Å². The lowest BCUT2D eigenvalue weighted by molar-refractivity contribution is 0.231. The molecule has 2 aromatic rings. The van der Waals surface area contributed by atoms with Gasteiger partial charge in [-0.3, -0.25) is 9.88 Å². The van der Waals surface area contributed by atoms with E-state index in [0.717, 1.165) is 24.3 Å². The monoisotopic (exact) mass is 283 g/mol. The molecule has 0 radical (unpaired) electrons. The van der Waals surface area contributed by atoms with E-state index in [0.29, 0.717) is 12.0 Å². The standard InChI is InChI=1S/C18H25N3/c1-3-9-21-10-8-16(12-19)18(21)15-6-7-17-14(11-15)5-4-13(2)20-17/h4-7,11,16,18H,3,8-10,12,19H2,1-2H3. The van der Waals surface area contributed by atoms with Gasteiger partial charge < -0.3 is 5.73 Å². The lowest BCUT2D eigenvalue weighted by Crippen LogP contribution is -2.28. The highest BCUT2D eigenvalue weighted by molar-refractivity contribution is 5.79. The van der Waals surface area contributed by atoms with E-state index in [1.54, 1.807) is 0 Å². The van der Waals surface area contributed by atoms with Crippen LogP contribution in [0.3, 0.4) is 0 Å². The van der Waals surface area contributed by atoms with Crippen molar-refractivity contribution in [3.05, 3.63) is 41.6 Å². The van der Waals surface area contributed by atoms with Crippen LogP contribution in [0.4, 0.5) is 0 Å². The normalized spacial score (nSPS) is 23.0. The summed E-state index contributed by atoms with van der Waals surface area (Å²) in [6.45, 7) is 7.39. The van der Waals surface area contributed by atoms with Crippen LogP contribution >= 0.6 is 0 Å². The van der Waals surface area contributed by atoms with Gasteiger partial charge in [0.25, 0.3) is 0 Å². The molecule has 0 spiro atoms. The number of likely N-dealkylation sites (tertiary alicyclic amines) is 1. The molecular formula is C18H25N3. The maximum atomic E-state index is 6.01. The van der Waals surface area contributed by atoms with Crippen LogP contribution in [-0.4, -0.2) is 29.5 Å². The molecule has 0 aliphatic carbocycles. The van der Waals surface area contributed by atoms with E-state index in [-0.39, 0.29) is 0 Å². The Kier molecular flexibility index (Phi) is 4.22. The minimum absolute atomic E-state index is 0.473. The second-order valence-corrected chi connectivity index (χ2v) is 6.17. The van der Waals surface area contributed by atoms with Gasteiger partial charge in [-0.25, -0.2) is 0 Å². The molecule has 3 heteroatoms. The van der Waals surface area contributed by atoms with Crippen LogP contribution in [0.1, 0.15) is 37.1 Å². The Balaban J connectivity index is 1.98. The van der Waals surface area contributed by atoms with E-state index in [9.17, 15) is 0 Å². The third kappa shape index (κ3) is 2.81. The predicted octanol–water partition coefficient (Wildman–Crippen LogP) is 3.27. The zero-order valence-corrected chi connectivity index (χ0v) is 13.0. The summed E-state index contributed by atoms with van der Waals surface area (Å²) in [5.41, 5.74) is 9.57. The van der Waals surface area contributed by atoms with Gasteiger partial charge in [-0.05, 0) is 69.1 Å². The minimum atomic E-state index is 0.473. The van der Waals surface area contributed by atoms with Crippen molar-refractivity contribution >= 4 is 10.9 Å². The zero-order chi connectivity index (χ0) is 14.8. The van der Waals surface area contributed by atoms with Gasteiger partial charge in [0.2, 0.25) is 0 Å². The second-order valence-electron chi connectivity index (χ2n) is 6.17. The molecule has 1 saturated heterocycles. The van der Waals surface area contributed by atoms with Crippen molar-refractivity contribution in [2.45, 2.75) is 32.7 Å². The van der Waals surface area contributed by atoms with E-state index in [1.807, 2.05) is 6.92 Å². The van der Waals surface area contributed by atoms with Crippen LogP contribution in [-0.2, 0) is 0 Å². The molecule has 3 nitrogen and oxygen atoms in total. The van der Waals surface area contributed by atoms with Gasteiger partial charge in [-0.1, -0.05) is 19.1 Å². The second kappa shape index (κ2) is 6.12. The fourth-order valence-electron chi connectivity index (χ4n) is 3.62. The highest BCUT2D eigenvalue weighted by Crippen LogP contribution is 2.37. The number of pyridine rings is 1. The van der Waals surface area contributed by atoms with E-state index < -0.39 is 0 Å². The number of fused-ring (bicyclic) bond motifs is 1. The average molecular weight is 283 g/mol. The number of benzene rings is 1. The Morgan fingerprint density at radius 1 is 1.29 bits per heavy atom. The van der Waals surface area contributed by atoms with Crippen molar-refractivity contribution in [2.75, 3.05) is 19.6 Å². The molecule has 2 N–H and O–H groups in total. The number of rotatable bonds is 4. The summed E-state index contributed by atoms with van der Waals surface area (Å²) in [4.78, 5) is 7.20. The summed E-state index contributed by atoms with van der Waals surface area (Å²) in [5, 5.41) is 1.23. The summed E-state index contributed by atoms with van der Waals surface area (Å²) in [6.07, 6.45) is 2.41. The largest absolute Gasteiger partial charge is 0.330 e. The first-order chi connectivity index (χ1) is 10.2. The molecule has 112 valence electrons. The molecule has 1 aliphatic heterocycles. The molecule has 2 unspecified atom stereocenters. The minimum Gasteiger partial charge on any atom is -0.330 e. The number of hydrogen-bond acceptors (Lipinski definition) is 3. The molecule has 0 saturated carbocycles. The van der Waals surface area contributed by atoms with Crippen LogP contribution < -0.4 is 5.73 Å². The van der Waals surface area contributed by atoms with Gasteiger partial charge in [-0.15, -0.1) is 0 Å². The molecular weight excluding hydrogens is 258 g/mol. The maximum absolute atomic E-state index is 6.01. The summed E-state index contributed by atoms with van der Waals surface area (Å²) >= 11 is 0. The Morgan fingerprint density at radius 3 is 2.90 bits per heavy atom. The SMILES string of the molecule is CCCN1CCC(CN)C1c1ccc2nc(C)ccc2c1. The Hall–Kier alpha value is -1.45. The molecule has 0 bridgehead atoms. The molecule has 1 aromatic heterocycles. The third-order valence-electron chi connectivity index (χ3n) is 4.63. The summed E-state index contributed by atoms with van der Waals surface area (Å²) in [5.74, 6) is 0.576. The number of aryl methyl sites for hydroxylation is 1. The molecule has 1 aromatic carbocycles. The Bertz CT molecular complexity index is 623. The van der Waals surface area contributed by atoms with Crippen molar-refractivity contribution in [3.8, 4) is 0 Å². The van der Waals surface area contributed by atoms with E-state index in [2.05, 4.69) is 47.1 Å². The first-order valence-corrected chi connectivity index (χ1v) is 8.04. The quantitative estimate of drug-likeness (QED) is 0.936. The number of aromatic nitrogens is 1. The summed E-state index contributed by atoms with van der Waals surface area (Å²) < 4.78 is 0. The van der Waals surface area contributed by atoms with E-state index in [1.165, 1.54) is 30.3 Å².